The third-order valence-electron chi connectivity index (χ3n) is 5.17. The number of hydrogen-bond donors (Lipinski definition) is 3. The average Bonchev–Trinajstić information content (AvgIpc) is 2.67. The molecule has 1 aliphatic heterocycles. The number of phenolic OH excluding ortho intramolecular Hbond substituents is 3. The van der Waals surface area contributed by atoms with Crippen LogP contribution < -0.4 is 4.74 Å². The number of ketones is 1. The van der Waals surface area contributed by atoms with E-state index in [9.17, 15) is 20.1 Å². The Bertz CT molecular complexity index is 1040. The zero-order chi connectivity index (χ0) is 22.0. The van der Waals surface area contributed by atoms with Gasteiger partial charge in [-0.2, -0.15) is 0 Å². The van der Waals surface area contributed by atoms with Crippen LogP contribution in [-0.2, 0) is 12.8 Å². The van der Waals surface area contributed by atoms with Gasteiger partial charge in [-0.1, -0.05) is 23.3 Å². The number of allylic oxidation sites excluding steroid dienone is 4. The number of rotatable bonds is 5. The lowest BCUT2D eigenvalue weighted by molar-refractivity contribution is 0.0847. The van der Waals surface area contributed by atoms with Gasteiger partial charge in [-0.05, 0) is 70.4 Å². The van der Waals surface area contributed by atoms with E-state index in [1.54, 1.807) is 12.1 Å². The molecule has 3 rings (SSSR count). The predicted molar refractivity (Wildman–Crippen MR) is 116 cm³/mol. The maximum Gasteiger partial charge on any atom is 0.170 e. The first-order chi connectivity index (χ1) is 14.2. The van der Waals surface area contributed by atoms with Crippen LogP contribution in [0.1, 0.15) is 67.3 Å². The number of Topliss-reactive ketones (excluding diaryl/α,β-unsaturated/α-hetero) is 1. The second-order valence-electron chi connectivity index (χ2n) is 8.19. The molecule has 0 aromatic heterocycles. The van der Waals surface area contributed by atoms with Gasteiger partial charge in [-0.3, -0.25) is 4.79 Å². The Labute approximate surface area is 177 Å². The Hall–Kier alpha value is -3.21. The molecule has 2 aromatic carbocycles. The van der Waals surface area contributed by atoms with Crippen LogP contribution in [-0.4, -0.2) is 21.1 Å². The molecule has 30 heavy (non-hydrogen) atoms. The maximum atomic E-state index is 12.8. The molecule has 2 aromatic rings. The molecule has 5 heteroatoms. The first kappa shape index (κ1) is 21.5. The minimum absolute atomic E-state index is 0.0810. The van der Waals surface area contributed by atoms with Crippen molar-refractivity contribution in [3.8, 4) is 23.0 Å². The van der Waals surface area contributed by atoms with Gasteiger partial charge < -0.3 is 20.1 Å². The van der Waals surface area contributed by atoms with Crippen LogP contribution in [0, 0.1) is 0 Å². The highest BCUT2D eigenvalue weighted by Gasteiger charge is 2.31. The van der Waals surface area contributed by atoms with Gasteiger partial charge in [0.25, 0.3) is 0 Å². The second kappa shape index (κ2) is 8.66. The fourth-order valence-electron chi connectivity index (χ4n) is 3.48. The third kappa shape index (κ3) is 4.51. The van der Waals surface area contributed by atoms with Crippen molar-refractivity contribution in [2.75, 3.05) is 0 Å². The van der Waals surface area contributed by atoms with Gasteiger partial charge in [0.05, 0.1) is 12.0 Å². The zero-order valence-electron chi connectivity index (χ0n) is 17.8. The standard InChI is InChI=1S/C25H28O5/c1-14(2)5-7-16-11-17(12-22(28)24(16)29)23-13-21(27)19-9-10-20(26)18(25(19)30-23)8-6-15(3)4/h5-6,9-12,23,26,28-29H,7-8,13H2,1-4H3/t23-/m0/s1. The van der Waals surface area contributed by atoms with Crippen molar-refractivity contribution in [1.82, 2.24) is 0 Å². The Morgan fingerprint density at radius 2 is 1.67 bits per heavy atom. The summed E-state index contributed by atoms with van der Waals surface area (Å²) in [6, 6.07) is 6.31. The highest BCUT2D eigenvalue weighted by Crippen LogP contribution is 2.43. The molecular formula is C25H28O5. The lowest BCUT2D eigenvalue weighted by Gasteiger charge is -2.28. The lowest BCUT2D eigenvalue weighted by Crippen LogP contribution is -2.21. The van der Waals surface area contributed by atoms with E-state index in [2.05, 4.69) is 0 Å². The number of carbonyl (C=O) groups is 1. The molecule has 1 aliphatic rings. The molecule has 0 amide bonds. The zero-order valence-corrected chi connectivity index (χ0v) is 17.8. The number of carbonyl (C=O) groups excluding carboxylic acids is 1. The third-order valence-corrected chi connectivity index (χ3v) is 5.17. The maximum absolute atomic E-state index is 12.8. The largest absolute Gasteiger partial charge is 0.508 e. The van der Waals surface area contributed by atoms with Crippen LogP contribution >= 0.6 is 0 Å². The molecule has 0 fully saturated rings. The summed E-state index contributed by atoms with van der Waals surface area (Å²) in [5, 5.41) is 30.8. The molecule has 1 heterocycles. The van der Waals surface area contributed by atoms with Gasteiger partial charge in [0.15, 0.2) is 17.3 Å². The van der Waals surface area contributed by atoms with Crippen molar-refractivity contribution in [3.63, 3.8) is 0 Å². The molecule has 0 unspecified atom stereocenters. The van der Waals surface area contributed by atoms with E-state index in [-0.39, 0.29) is 29.5 Å². The molecule has 0 radical (unpaired) electrons. The van der Waals surface area contributed by atoms with E-state index < -0.39 is 6.10 Å². The number of hydrogen-bond acceptors (Lipinski definition) is 5. The summed E-state index contributed by atoms with van der Waals surface area (Å²) in [5.74, 6) is -0.0318. The first-order valence-electron chi connectivity index (χ1n) is 10.0. The number of phenols is 3. The summed E-state index contributed by atoms with van der Waals surface area (Å²) in [5.41, 5.74) is 4.38. The van der Waals surface area contributed by atoms with Crippen molar-refractivity contribution >= 4 is 5.78 Å². The Kier molecular flexibility index (Phi) is 6.20. The number of aromatic hydroxyl groups is 3. The van der Waals surface area contributed by atoms with Gasteiger partial charge >= 0.3 is 0 Å². The first-order valence-corrected chi connectivity index (χ1v) is 10.0. The summed E-state index contributed by atoms with van der Waals surface area (Å²) >= 11 is 0. The fraction of sp³-hybridized carbons (Fsp3) is 0.320. The SMILES string of the molecule is CC(C)=CCc1cc([C@@H]2CC(=O)c3ccc(O)c(CC=C(C)C)c3O2)cc(O)c1O. The van der Waals surface area contributed by atoms with Crippen LogP contribution in [0.4, 0.5) is 0 Å². The van der Waals surface area contributed by atoms with E-state index in [4.69, 9.17) is 4.74 Å². The van der Waals surface area contributed by atoms with E-state index in [1.807, 2.05) is 39.8 Å². The number of fused-ring (bicyclic) bond motifs is 1. The second-order valence-corrected chi connectivity index (χ2v) is 8.19. The molecule has 158 valence electrons. The highest BCUT2D eigenvalue weighted by atomic mass is 16.5. The normalized spacial score (nSPS) is 15.2. The molecule has 0 bridgehead atoms. The molecule has 3 N–H and O–H groups in total. The van der Waals surface area contributed by atoms with Crippen molar-refractivity contribution < 1.29 is 24.9 Å². The molecule has 0 aliphatic carbocycles. The van der Waals surface area contributed by atoms with Crippen LogP contribution in [0.3, 0.4) is 0 Å². The van der Waals surface area contributed by atoms with E-state index >= 15 is 0 Å². The summed E-state index contributed by atoms with van der Waals surface area (Å²) in [6.45, 7) is 7.85. The molecule has 5 nitrogen and oxygen atoms in total. The van der Waals surface area contributed by atoms with Crippen LogP contribution in [0.5, 0.6) is 23.0 Å². The van der Waals surface area contributed by atoms with Crippen molar-refractivity contribution in [2.24, 2.45) is 0 Å². The number of ether oxygens (including phenoxy) is 1. The van der Waals surface area contributed by atoms with Gasteiger partial charge in [-0.15, -0.1) is 0 Å². The molecular weight excluding hydrogens is 380 g/mol. The predicted octanol–water partition coefficient (Wildman–Crippen LogP) is 5.53. The Morgan fingerprint density at radius 3 is 2.33 bits per heavy atom. The van der Waals surface area contributed by atoms with Crippen molar-refractivity contribution in [2.45, 2.75) is 53.1 Å². The summed E-state index contributed by atoms with van der Waals surface area (Å²) in [7, 11) is 0. The van der Waals surface area contributed by atoms with Crippen LogP contribution in [0.25, 0.3) is 0 Å². The smallest absolute Gasteiger partial charge is 0.170 e. The topological polar surface area (TPSA) is 87.0 Å². The van der Waals surface area contributed by atoms with Gasteiger partial charge in [-0.25, -0.2) is 0 Å². The fourth-order valence-corrected chi connectivity index (χ4v) is 3.48. The molecule has 0 saturated carbocycles. The van der Waals surface area contributed by atoms with E-state index in [0.717, 1.165) is 11.1 Å². The summed E-state index contributed by atoms with van der Waals surface area (Å²) < 4.78 is 6.19. The molecule has 0 spiro atoms. The molecule has 1 atom stereocenters. The van der Waals surface area contributed by atoms with Gasteiger partial charge in [0.1, 0.15) is 17.6 Å². The van der Waals surface area contributed by atoms with Crippen molar-refractivity contribution in [3.05, 3.63) is 69.8 Å². The average molecular weight is 408 g/mol. The van der Waals surface area contributed by atoms with E-state index in [0.29, 0.717) is 40.8 Å². The van der Waals surface area contributed by atoms with Crippen LogP contribution in [0.2, 0.25) is 0 Å². The minimum atomic E-state index is -0.616. The van der Waals surface area contributed by atoms with Crippen LogP contribution in [0.15, 0.2) is 47.6 Å². The minimum Gasteiger partial charge on any atom is -0.508 e. The lowest BCUT2D eigenvalue weighted by atomic mass is 9.92. The summed E-state index contributed by atoms with van der Waals surface area (Å²) in [6.07, 6.45) is 4.33. The van der Waals surface area contributed by atoms with Gasteiger partial charge in [0, 0.05) is 11.1 Å². The number of benzene rings is 2. The van der Waals surface area contributed by atoms with E-state index in [1.165, 1.54) is 12.1 Å². The Morgan fingerprint density at radius 1 is 1.00 bits per heavy atom. The van der Waals surface area contributed by atoms with Gasteiger partial charge in [0.2, 0.25) is 0 Å². The Balaban J connectivity index is 2.02. The summed E-state index contributed by atoms with van der Waals surface area (Å²) in [4.78, 5) is 12.8. The monoisotopic (exact) mass is 408 g/mol. The van der Waals surface area contributed by atoms with Crippen molar-refractivity contribution in [1.29, 1.82) is 0 Å². The highest BCUT2D eigenvalue weighted by molar-refractivity contribution is 6.00. The molecule has 0 saturated heterocycles. The quantitative estimate of drug-likeness (QED) is 0.447.